The SMILES string of the molecule is CCCCN1C=NC(CCC(=O)OC)(C(=O)OC)C1C1CCC(C(C)(C)Nc2ccc(Cl)cc2)CC1. The van der Waals surface area contributed by atoms with E-state index in [1.54, 1.807) is 0 Å². The second kappa shape index (κ2) is 12.3. The molecule has 0 bridgehead atoms. The molecule has 0 saturated heterocycles. The van der Waals surface area contributed by atoms with E-state index in [9.17, 15) is 9.59 Å². The third-order valence-electron chi connectivity index (χ3n) is 8.08. The van der Waals surface area contributed by atoms with Gasteiger partial charge in [-0.25, -0.2) is 4.79 Å². The van der Waals surface area contributed by atoms with Crippen molar-refractivity contribution in [3.63, 3.8) is 0 Å². The maximum absolute atomic E-state index is 13.2. The Balaban J connectivity index is 1.77. The summed E-state index contributed by atoms with van der Waals surface area (Å²) in [6.07, 6.45) is 8.40. The lowest BCUT2D eigenvalue weighted by molar-refractivity contribution is -0.151. The predicted octanol–water partition coefficient (Wildman–Crippen LogP) is 5.71. The van der Waals surface area contributed by atoms with E-state index >= 15 is 0 Å². The molecule has 1 N–H and O–H groups in total. The summed E-state index contributed by atoms with van der Waals surface area (Å²) in [5, 5.41) is 4.43. The van der Waals surface area contributed by atoms with Crippen LogP contribution in [0.5, 0.6) is 0 Å². The number of nitrogens with one attached hydrogen (secondary N) is 1. The topological polar surface area (TPSA) is 80.2 Å². The number of esters is 2. The van der Waals surface area contributed by atoms with Gasteiger partial charge in [-0.15, -0.1) is 0 Å². The third kappa shape index (κ3) is 6.34. The van der Waals surface area contributed by atoms with E-state index in [4.69, 9.17) is 26.1 Å². The van der Waals surface area contributed by atoms with Crippen LogP contribution in [0.15, 0.2) is 29.3 Å². The van der Waals surface area contributed by atoms with Crippen LogP contribution in [0.1, 0.15) is 72.1 Å². The van der Waals surface area contributed by atoms with Gasteiger partial charge in [0.15, 0.2) is 5.54 Å². The molecule has 2 aliphatic rings. The van der Waals surface area contributed by atoms with Crippen LogP contribution in [0, 0.1) is 11.8 Å². The highest BCUT2D eigenvalue weighted by Gasteiger charge is 2.55. The molecule has 1 aromatic rings. The molecule has 0 radical (unpaired) electrons. The van der Waals surface area contributed by atoms with E-state index in [1.807, 2.05) is 30.6 Å². The summed E-state index contributed by atoms with van der Waals surface area (Å²) in [6, 6.07) is 7.73. The average Bonchev–Trinajstić information content (AvgIpc) is 3.26. The molecular formula is C28H42ClN3O4. The number of benzene rings is 1. The van der Waals surface area contributed by atoms with Crippen molar-refractivity contribution in [3.05, 3.63) is 29.3 Å². The molecule has 2 unspecified atom stereocenters. The molecule has 8 heteroatoms. The van der Waals surface area contributed by atoms with Gasteiger partial charge < -0.3 is 19.7 Å². The summed E-state index contributed by atoms with van der Waals surface area (Å²) in [5.74, 6) is 0.0681. The van der Waals surface area contributed by atoms with Crippen LogP contribution < -0.4 is 5.32 Å². The minimum Gasteiger partial charge on any atom is -0.469 e. The molecule has 0 spiro atoms. The molecule has 2 atom stereocenters. The zero-order valence-electron chi connectivity index (χ0n) is 22.4. The lowest BCUT2D eigenvalue weighted by Crippen LogP contribution is -2.56. The van der Waals surface area contributed by atoms with Crippen molar-refractivity contribution < 1.29 is 19.1 Å². The van der Waals surface area contributed by atoms with Crippen LogP contribution in [-0.4, -0.2) is 61.1 Å². The molecule has 1 aliphatic carbocycles. The van der Waals surface area contributed by atoms with E-state index in [2.05, 4.69) is 31.0 Å². The van der Waals surface area contributed by atoms with Crippen molar-refractivity contribution in [1.29, 1.82) is 0 Å². The van der Waals surface area contributed by atoms with Crippen molar-refractivity contribution in [2.24, 2.45) is 16.8 Å². The molecule has 0 amide bonds. The third-order valence-corrected chi connectivity index (χ3v) is 8.33. The Morgan fingerprint density at radius 3 is 2.39 bits per heavy atom. The van der Waals surface area contributed by atoms with Gasteiger partial charge in [-0.3, -0.25) is 9.79 Å². The van der Waals surface area contributed by atoms with Gasteiger partial charge in [0.2, 0.25) is 0 Å². The average molecular weight is 520 g/mol. The van der Waals surface area contributed by atoms with Crippen molar-refractivity contribution in [1.82, 2.24) is 4.90 Å². The largest absolute Gasteiger partial charge is 0.469 e. The smallest absolute Gasteiger partial charge is 0.336 e. The monoisotopic (exact) mass is 519 g/mol. The van der Waals surface area contributed by atoms with Crippen LogP contribution >= 0.6 is 11.6 Å². The second-order valence-electron chi connectivity index (χ2n) is 10.7. The predicted molar refractivity (Wildman–Crippen MR) is 144 cm³/mol. The number of rotatable bonds is 11. The highest BCUT2D eigenvalue weighted by molar-refractivity contribution is 6.30. The van der Waals surface area contributed by atoms with E-state index in [0.29, 0.717) is 12.3 Å². The Hall–Kier alpha value is -2.28. The number of anilines is 1. The molecule has 36 heavy (non-hydrogen) atoms. The molecule has 3 rings (SSSR count). The van der Waals surface area contributed by atoms with Crippen LogP contribution in [0.4, 0.5) is 5.69 Å². The number of nitrogens with zero attached hydrogens (tertiary/aromatic N) is 2. The maximum Gasteiger partial charge on any atom is 0.336 e. The van der Waals surface area contributed by atoms with Crippen molar-refractivity contribution in [3.8, 4) is 0 Å². The molecule has 1 fully saturated rings. The normalized spacial score (nSPS) is 26.1. The van der Waals surface area contributed by atoms with E-state index in [0.717, 1.165) is 55.8 Å². The van der Waals surface area contributed by atoms with Crippen LogP contribution in [0.25, 0.3) is 0 Å². The minimum atomic E-state index is -1.08. The Kier molecular flexibility index (Phi) is 9.67. The van der Waals surface area contributed by atoms with Crippen LogP contribution in [0.2, 0.25) is 5.02 Å². The molecule has 1 aliphatic heterocycles. The van der Waals surface area contributed by atoms with Crippen molar-refractivity contribution in [2.45, 2.75) is 89.3 Å². The van der Waals surface area contributed by atoms with Gasteiger partial charge in [-0.2, -0.15) is 0 Å². The first-order valence-corrected chi connectivity index (χ1v) is 13.5. The van der Waals surface area contributed by atoms with E-state index in [1.165, 1.54) is 14.2 Å². The zero-order valence-corrected chi connectivity index (χ0v) is 23.1. The zero-order chi connectivity index (χ0) is 26.3. The van der Waals surface area contributed by atoms with Crippen molar-refractivity contribution in [2.75, 3.05) is 26.1 Å². The number of hydrogen-bond donors (Lipinski definition) is 1. The number of hydrogen-bond acceptors (Lipinski definition) is 7. The molecule has 1 aromatic carbocycles. The van der Waals surface area contributed by atoms with Crippen molar-refractivity contribution >= 4 is 35.6 Å². The van der Waals surface area contributed by atoms with E-state index in [-0.39, 0.29) is 35.9 Å². The quantitative estimate of drug-likeness (QED) is 0.377. The van der Waals surface area contributed by atoms with Gasteiger partial charge in [0, 0.05) is 29.2 Å². The molecule has 200 valence electrons. The Morgan fingerprint density at radius 1 is 1.14 bits per heavy atom. The fourth-order valence-corrected chi connectivity index (χ4v) is 6.15. The van der Waals surface area contributed by atoms with Gasteiger partial charge in [-0.1, -0.05) is 24.9 Å². The summed E-state index contributed by atoms with van der Waals surface area (Å²) >= 11 is 6.06. The van der Waals surface area contributed by atoms with Crippen LogP contribution in [0.3, 0.4) is 0 Å². The Morgan fingerprint density at radius 2 is 1.81 bits per heavy atom. The minimum absolute atomic E-state index is 0.0861. The summed E-state index contributed by atoms with van der Waals surface area (Å²) in [4.78, 5) is 32.2. The first-order valence-electron chi connectivity index (χ1n) is 13.2. The number of aliphatic imine (C=N–C) groups is 1. The molecule has 0 aromatic heterocycles. The molecule has 7 nitrogen and oxygen atoms in total. The fourth-order valence-electron chi connectivity index (χ4n) is 6.02. The summed E-state index contributed by atoms with van der Waals surface area (Å²) < 4.78 is 10.2. The molecule has 1 heterocycles. The Bertz CT molecular complexity index is 912. The first-order chi connectivity index (χ1) is 17.2. The summed E-state index contributed by atoms with van der Waals surface area (Å²) in [6.45, 7) is 7.51. The summed E-state index contributed by atoms with van der Waals surface area (Å²) in [7, 11) is 2.78. The number of ether oxygens (including phenoxy) is 2. The standard InChI is InChI=1S/C28H42ClN3O4/c1-6-7-18-32-19-30-28(26(34)36-5,17-16-24(33)35-4)25(32)20-8-10-21(11-9-20)27(2,3)31-23-14-12-22(29)13-15-23/h12-15,19-21,25,31H,6-11,16-18H2,1-5H3. The molecule has 1 saturated carbocycles. The summed E-state index contributed by atoms with van der Waals surface area (Å²) in [5.41, 5.74) is -0.100. The van der Waals surface area contributed by atoms with Gasteiger partial charge in [0.05, 0.1) is 26.6 Å². The van der Waals surface area contributed by atoms with E-state index < -0.39 is 5.54 Å². The van der Waals surface area contributed by atoms with Gasteiger partial charge in [0.25, 0.3) is 0 Å². The number of methoxy groups -OCH3 is 2. The highest BCUT2D eigenvalue weighted by atomic mass is 35.5. The number of unbranched alkanes of at least 4 members (excludes halogenated alkanes) is 1. The maximum atomic E-state index is 13.2. The fraction of sp³-hybridized carbons (Fsp3) is 0.679. The molecular weight excluding hydrogens is 478 g/mol. The van der Waals surface area contributed by atoms with Gasteiger partial charge in [-0.05, 0) is 88.5 Å². The highest BCUT2D eigenvalue weighted by Crippen LogP contribution is 2.45. The van der Waals surface area contributed by atoms with Gasteiger partial charge in [0.1, 0.15) is 0 Å². The first kappa shape index (κ1) is 28.3. The second-order valence-corrected chi connectivity index (χ2v) is 11.2. The number of carbonyl (C=O) groups excluding carboxylic acids is 2. The lowest BCUT2D eigenvalue weighted by atomic mass is 9.67. The Labute approximate surface area is 221 Å². The van der Waals surface area contributed by atoms with Gasteiger partial charge >= 0.3 is 11.9 Å². The number of carbonyl (C=O) groups is 2. The lowest BCUT2D eigenvalue weighted by Gasteiger charge is -2.46. The number of halogens is 1. The van der Waals surface area contributed by atoms with Crippen LogP contribution in [-0.2, 0) is 19.1 Å².